The van der Waals surface area contributed by atoms with Crippen LogP contribution in [0.4, 0.5) is 0 Å². The molecule has 6 unspecified atom stereocenters. The summed E-state index contributed by atoms with van der Waals surface area (Å²) in [7, 11) is -5.17. The summed E-state index contributed by atoms with van der Waals surface area (Å²) in [6.07, 6.45) is 8.75. The molecule has 152 valence electrons. The predicted octanol–water partition coefficient (Wildman–Crippen LogP) is 1.86. The van der Waals surface area contributed by atoms with Gasteiger partial charge in [-0.15, -0.1) is 0 Å². The quantitative estimate of drug-likeness (QED) is 0.365. The summed E-state index contributed by atoms with van der Waals surface area (Å²) < 4.78 is 44.7. The minimum absolute atomic E-state index is 0.0751. The molecule has 4 aliphatic rings. The third-order valence-electron chi connectivity index (χ3n) is 7.37. The van der Waals surface area contributed by atoms with E-state index in [0.717, 1.165) is 38.5 Å². The smallest absolute Gasteiger partial charge is 0.334 e. The number of ether oxygens (including phenoxy) is 2. The number of fused-ring (bicyclic) bond motifs is 4. The minimum Gasteiger partial charge on any atom is -0.747 e. The number of carbonyl (C=O) groups is 2. The van der Waals surface area contributed by atoms with Crippen molar-refractivity contribution in [3.05, 3.63) is 0 Å². The summed E-state index contributed by atoms with van der Waals surface area (Å²) in [5.41, 5.74) is 0. The van der Waals surface area contributed by atoms with E-state index in [1.807, 2.05) is 0 Å². The van der Waals surface area contributed by atoms with Crippen LogP contribution in [0.2, 0.25) is 0 Å². The monoisotopic (exact) mass is 399 g/mol. The number of rotatable bonds is 7. The Kier molecular flexibility index (Phi) is 5.22. The van der Waals surface area contributed by atoms with Gasteiger partial charge in [-0.05, 0) is 74.0 Å². The molecular weight excluding hydrogens is 372 g/mol. The van der Waals surface area contributed by atoms with Crippen LogP contribution in [-0.4, -0.2) is 43.4 Å². The second-order valence-electron chi connectivity index (χ2n) is 9.00. The number of hydrogen-bond acceptors (Lipinski definition) is 7. The van der Waals surface area contributed by atoms with Gasteiger partial charge < -0.3 is 14.0 Å². The first-order valence-electron chi connectivity index (χ1n) is 10.1. The van der Waals surface area contributed by atoms with Crippen LogP contribution in [0.3, 0.4) is 0 Å². The van der Waals surface area contributed by atoms with Crippen LogP contribution in [0.15, 0.2) is 0 Å². The van der Waals surface area contributed by atoms with E-state index >= 15 is 0 Å². The van der Waals surface area contributed by atoms with E-state index < -0.39 is 27.3 Å². The van der Waals surface area contributed by atoms with Crippen LogP contribution in [0, 0.1) is 35.5 Å². The van der Waals surface area contributed by atoms with Gasteiger partial charge in [0, 0.05) is 0 Å². The summed E-state index contributed by atoms with van der Waals surface area (Å²) >= 11 is 0. The fraction of sp³-hybridized carbons (Fsp3) is 0.895. The van der Waals surface area contributed by atoms with Gasteiger partial charge in [-0.3, -0.25) is 9.59 Å². The molecule has 4 saturated carbocycles. The van der Waals surface area contributed by atoms with Crippen LogP contribution in [0.25, 0.3) is 0 Å². The van der Waals surface area contributed by atoms with Crippen LogP contribution >= 0.6 is 0 Å². The zero-order valence-corrected chi connectivity index (χ0v) is 16.2. The van der Waals surface area contributed by atoms with Gasteiger partial charge in [-0.2, -0.15) is 0 Å². The number of esters is 2. The fourth-order valence-electron chi connectivity index (χ4n) is 6.02. The molecule has 0 heterocycles. The lowest BCUT2D eigenvalue weighted by atomic mass is 9.89. The summed E-state index contributed by atoms with van der Waals surface area (Å²) in [5.74, 6) is 0.135. The van der Waals surface area contributed by atoms with Gasteiger partial charge in [0.05, 0.1) is 13.2 Å². The van der Waals surface area contributed by atoms with Crippen LogP contribution in [-0.2, 0) is 29.2 Å². The second kappa shape index (κ2) is 7.35. The predicted molar refractivity (Wildman–Crippen MR) is 93.3 cm³/mol. The summed E-state index contributed by atoms with van der Waals surface area (Å²) in [4.78, 5) is 24.4. The molecule has 0 N–H and O–H groups in total. The molecule has 4 aliphatic carbocycles. The molecule has 0 radical (unpaired) electrons. The molecule has 6 atom stereocenters. The van der Waals surface area contributed by atoms with Crippen molar-refractivity contribution in [2.45, 2.75) is 56.6 Å². The van der Waals surface area contributed by atoms with Crippen LogP contribution in [0.5, 0.6) is 0 Å². The molecule has 8 heteroatoms. The Morgan fingerprint density at radius 2 is 1.26 bits per heavy atom. The average Bonchev–Trinajstić information content (AvgIpc) is 3.37. The summed E-state index contributed by atoms with van der Waals surface area (Å²) in [6.45, 7) is 0.150. The molecule has 7 nitrogen and oxygen atoms in total. The van der Waals surface area contributed by atoms with E-state index in [1.54, 1.807) is 0 Å². The Hall–Kier alpha value is -1.15. The van der Waals surface area contributed by atoms with Crippen LogP contribution in [0.1, 0.15) is 51.4 Å². The number of hydrogen-bond donors (Lipinski definition) is 0. The minimum atomic E-state index is -5.17. The Bertz CT molecular complexity index is 659. The third-order valence-corrected chi connectivity index (χ3v) is 8.33. The van der Waals surface area contributed by atoms with Crippen molar-refractivity contribution in [3.8, 4) is 0 Å². The first-order valence-corrected chi connectivity index (χ1v) is 11.6. The van der Waals surface area contributed by atoms with Gasteiger partial charge in [-0.25, -0.2) is 8.42 Å². The molecule has 0 saturated heterocycles. The van der Waals surface area contributed by atoms with E-state index in [1.165, 1.54) is 12.8 Å². The van der Waals surface area contributed by atoms with E-state index in [-0.39, 0.29) is 25.0 Å². The zero-order chi connectivity index (χ0) is 19.2. The lowest BCUT2D eigenvalue weighted by molar-refractivity contribution is -0.156. The first kappa shape index (κ1) is 19.2. The topological polar surface area (TPSA) is 110 Å². The Morgan fingerprint density at radius 3 is 1.56 bits per heavy atom. The van der Waals surface area contributed by atoms with Gasteiger partial charge in [0.2, 0.25) is 5.25 Å². The Morgan fingerprint density at radius 1 is 0.815 bits per heavy atom. The molecule has 0 aromatic rings. The van der Waals surface area contributed by atoms with Gasteiger partial charge in [0.25, 0.3) is 0 Å². The third kappa shape index (κ3) is 4.01. The van der Waals surface area contributed by atoms with Crippen molar-refractivity contribution in [1.82, 2.24) is 0 Å². The summed E-state index contributed by atoms with van der Waals surface area (Å²) in [5, 5.41) is -2.41. The van der Waals surface area contributed by atoms with Gasteiger partial charge in [-0.1, -0.05) is 12.8 Å². The molecule has 0 amide bonds. The van der Waals surface area contributed by atoms with Gasteiger partial charge in [0.1, 0.15) is 10.1 Å². The Labute approximate surface area is 159 Å². The van der Waals surface area contributed by atoms with Crippen molar-refractivity contribution >= 4 is 22.1 Å². The van der Waals surface area contributed by atoms with Crippen LogP contribution < -0.4 is 0 Å². The van der Waals surface area contributed by atoms with Crippen molar-refractivity contribution in [2.24, 2.45) is 35.5 Å². The van der Waals surface area contributed by atoms with E-state index in [9.17, 15) is 22.6 Å². The highest BCUT2D eigenvalue weighted by Crippen LogP contribution is 2.49. The van der Waals surface area contributed by atoms with Crippen molar-refractivity contribution in [3.63, 3.8) is 0 Å². The van der Waals surface area contributed by atoms with E-state index in [4.69, 9.17) is 9.47 Å². The molecule has 4 bridgehead atoms. The molecule has 0 spiro atoms. The lowest BCUT2D eigenvalue weighted by Gasteiger charge is -2.24. The second-order valence-corrected chi connectivity index (χ2v) is 10.5. The molecule has 0 aliphatic heterocycles. The normalized spacial score (nSPS) is 38.1. The molecular formula is C19H27O7S-. The van der Waals surface area contributed by atoms with E-state index in [2.05, 4.69) is 0 Å². The van der Waals surface area contributed by atoms with Crippen molar-refractivity contribution in [1.29, 1.82) is 0 Å². The van der Waals surface area contributed by atoms with Gasteiger partial charge >= 0.3 is 11.9 Å². The first-order chi connectivity index (χ1) is 12.8. The maximum absolute atomic E-state index is 12.2. The molecule has 0 aromatic heterocycles. The van der Waals surface area contributed by atoms with Crippen molar-refractivity contribution in [2.75, 3.05) is 13.2 Å². The maximum Gasteiger partial charge on any atom is 0.334 e. The average molecular weight is 399 g/mol. The SMILES string of the molecule is O=C(OCC1CC2CCC1C2)C(C(=O)OCC1CC2CCC1C2)S(=O)(=O)[O-]. The van der Waals surface area contributed by atoms with Gasteiger partial charge in [0.15, 0.2) is 0 Å². The highest BCUT2D eigenvalue weighted by molar-refractivity contribution is 7.88. The lowest BCUT2D eigenvalue weighted by Crippen LogP contribution is -2.41. The van der Waals surface area contributed by atoms with E-state index in [0.29, 0.717) is 23.7 Å². The molecule has 0 aromatic carbocycles. The standard InChI is InChI=1S/C19H28O7S/c20-18(25-9-15-7-11-1-3-13(15)5-11)17(27(22,23)24)19(21)26-10-16-8-12-2-4-14(16)6-12/h11-17H,1-10H2,(H,22,23,24)/p-1. The summed E-state index contributed by atoms with van der Waals surface area (Å²) in [6, 6.07) is 0. The highest BCUT2D eigenvalue weighted by atomic mass is 32.2. The highest BCUT2D eigenvalue weighted by Gasteiger charge is 2.43. The van der Waals surface area contributed by atoms with Crippen molar-refractivity contribution < 1.29 is 32.0 Å². The largest absolute Gasteiger partial charge is 0.747 e. The molecule has 4 rings (SSSR count). The molecule has 4 fully saturated rings. The Balaban J connectivity index is 1.31. The number of carbonyl (C=O) groups excluding carboxylic acids is 2. The molecule has 27 heavy (non-hydrogen) atoms. The fourth-order valence-corrected chi connectivity index (χ4v) is 6.63. The maximum atomic E-state index is 12.2. The zero-order valence-electron chi connectivity index (χ0n) is 15.4.